The topological polar surface area (TPSA) is 74.5 Å². The molecule has 1 N–H and O–H groups in total. The highest BCUT2D eigenvalue weighted by atomic mass is 32.1. The lowest BCUT2D eigenvalue weighted by Crippen LogP contribution is -2.24. The third-order valence-corrected chi connectivity index (χ3v) is 0.728. The zero-order valence-corrected chi connectivity index (χ0v) is 6.76. The molecule has 0 aromatic heterocycles. The number of thiol groups is 1. The highest BCUT2D eigenvalue weighted by Crippen LogP contribution is 1.80. The smallest absolute Gasteiger partial charge is 0.282 e. The summed E-state index contributed by atoms with van der Waals surface area (Å²) in [7, 11) is 0. The molecule has 0 radical (unpaired) electrons. The fourth-order valence-corrected chi connectivity index (χ4v) is 0.407. The molecule has 0 rings (SSSR count). The molecule has 0 saturated carbocycles. The fourth-order valence-electron chi connectivity index (χ4n) is 0.302. The number of carbonyl (C=O) groups excluding carboxylic acids is 1. The molecule has 0 spiro atoms. The third-order valence-electron chi connectivity index (χ3n) is 0.616. The Kier molecular flexibility index (Phi) is 4.94. The lowest BCUT2D eigenvalue weighted by Gasteiger charge is -1.95. The lowest BCUT2D eigenvalue weighted by atomic mass is 10.7. The van der Waals surface area contributed by atoms with Crippen LogP contribution in [-0.2, 0) is 4.84 Å². The van der Waals surface area contributed by atoms with Gasteiger partial charge >= 0.3 is 0 Å². The van der Waals surface area contributed by atoms with Crippen LogP contribution in [0, 0.1) is 11.3 Å². The summed E-state index contributed by atoms with van der Waals surface area (Å²) in [6.07, 6.45) is 0. The van der Waals surface area contributed by atoms with Crippen LogP contribution in [0.15, 0.2) is 5.16 Å². The molecule has 0 fully saturated rings. The molecule has 1 amide bonds. The van der Waals surface area contributed by atoms with Gasteiger partial charge in [0.15, 0.2) is 0 Å². The van der Waals surface area contributed by atoms with Gasteiger partial charge in [-0.05, 0) is 6.92 Å². The number of carbonyl (C=O) groups is 1. The molecule has 0 unspecified atom stereocenters. The van der Waals surface area contributed by atoms with E-state index in [1.807, 2.05) is 0 Å². The number of amides is 1. The minimum absolute atomic E-state index is 0.202. The number of rotatable bonds is 2. The second-order valence-corrected chi connectivity index (χ2v) is 1.81. The Balaban J connectivity index is 3.97. The van der Waals surface area contributed by atoms with Gasteiger partial charge in [0.2, 0.25) is 0 Å². The molecule has 0 aromatic rings. The third kappa shape index (κ3) is 5.24. The first-order chi connectivity index (χ1) is 5.20. The van der Waals surface area contributed by atoms with Crippen molar-refractivity contribution in [1.29, 1.82) is 5.26 Å². The Morgan fingerprint density at radius 1 is 1.91 bits per heavy atom. The molecular formula is C5H7N3O2S. The number of hydrogen-bond donors (Lipinski definition) is 2. The molecule has 11 heavy (non-hydrogen) atoms. The highest BCUT2D eigenvalue weighted by Gasteiger charge is 1.99. The van der Waals surface area contributed by atoms with Gasteiger partial charge in [0, 0.05) is 0 Å². The molecule has 0 aliphatic rings. The predicted molar refractivity (Wildman–Crippen MR) is 42.2 cm³/mol. The second-order valence-electron chi connectivity index (χ2n) is 1.40. The van der Waals surface area contributed by atoms with Crippen LogP contribution in [-0.4, -0.2) is 17.7 Å². The number of nitrogens with zero attached hydrogens (tertiary/aromatic N) is 2. The Labute approximate surface area is 69.4 Å². The van der Waals surface area contributed by atoms with Crippen LogP contribution in [0.1, 0.15) is 6.92 Å². The van der Waals surface area contributed by atoms with E-state index in [1.165, 1.54) is 0 Å². The molecule has 0 aliphatic heterocycles. The highest BCUT2D eigenvalue weighted by molar-refractivity contribution is 7.96. The molecule has 60 valence electrons. The average molecular weight is 173 g/mol. The summed E-state index contributed by atoms with van der Waals surface area (Å²) < 4.78 is 0. The van der Waals surface area contributed by atoms with Crippen molar-refractivity contribution >= 4 is 23.7 Å². The van der Waals surface area contributed by atoms with Gasteiger partial charge in [-0.15, -0.1) is 0 Å². The van der Waals surface area contributed by atoms with Gasteiger partial charge in [-0.25, -0.2) is 0 Å². The van der Waals surface area contributed by atoms with Gasteiger partial charge in [-0.2, -0.15) is 5.26 Å². The quantitative estimate of drug-likeness (QED) is 0.276. The van der Waals surface area contributed by atoms with E-state index >= 15 is 0 Å². The van der Waals surface area contributed by atoms with E-state index in [-0.39, 0.29) is 5.84 Å². The maximum Gasteiger partial charge on any atom is 0.282 e. The van der Waals surface area contributed by atoms with Crippen molar-refractivity contribution in [3.05, 3.63) is 0 Å². The first-order valence-corrected chi connectivity index (χ1v) is 3.25. The largest absolute Gasteiger partial charge is 0.394 e. The van der Waals surface area contributed by atoms with E-state index in [0.29, 0.717) is 6.61 Å². The van der Waals surface area contributed by atoms with Gasteiger partial charge < -0.3 is 4.84 Å². The van der Waals surface area contributed by atoms with E-state index in [9.17, 15) is 4.79 Å². The van der Waals surface area contributed by atoms with Gasteiger partial charge in [0.05, 0.1) is 0 Å². The van der Waals surface area contributed by atoms with Gasteiger partial charge in [0.1, 0.15) is 12.7 Å². The Bertz CT molecular complexity index is 208. The van der Waals surface area contributed by atoms with Crippen LogP contribution in [0.5, 0.6) is 0 Å². The number of hydrogen-bond acceptors (Lipinski definition) is 4. The van der Waals surface area contributed by atoms with E-state index in [2.05, 4.69) is 27.9 Å². The lowest BCUT2D eigenvalue weighted by molar-refractivity contribution is 0.158. The standard InChI is InChI=1S/C5H7N3O2S/c1-2-10-8-4(3-6)7-5(9)11/h2H2,1H3,(H2,7,8,9,11). The van der Waals surface area contributed by atoms with Crippen LogP contribution in [0.4, 0.5) is 4.79 Å². The monoisotopic (exact) mass is 173 g/mol. The molecule has 0 saturated heterocycles. The summed E-state index contributed by atoms with van der Waals surface area (Å²) in [4.78, 5) is 14.7. The Hall–Kier alpha value is -1.22. The normalized spacial score (nSPS) is 10.1. The summed E-state index contributed by atoms with van der Waals surface area (Å²) in [6, 6.07) is 1.61. The van der Waals surface area contributed by atoms with Crippen molar-refractivity contribution in [2.45, 2.75) is 6.92 Å². The van der Waals surface area contributed by atoms with Crippen LogP contribution in [0.25, 0.3) is 0 Å². The minimum Gasteiger partial charge on any atom is -0.394 e. The van der Waals surface area contributed by atoms with E-state index in [1.54, 1.807) is 13.0 Å². The zero-order valence-electron chi connectivity index (χ0n) is 5.87. The number of nitriles is 1. The van der Waals surface area contributed by atoms with Crippen molar-refractivity contribution in [1.82, 2.24) is 5.32 Å². The van der Waals surface area contributed by atoms with Crippen LogP contribution in [0.2, 0.25) is 0 Å². The van der Waals surface area contributed by atoms with Crippen molar-refractivity contribution < 1.29 is 9.63 Å². The molecule has 0 heterocycles. The SMILES string of the molecule is CCON=C(C#N)NC(=O)S. The molecule has 0 bridgehead atoms. The van der Waals surface area contributed by atoms with E-state index in [4.69, 9.17) is 5.26 Å². The molecule has 5 nitrogen and oxygen atoms in total. The number of nitrogens with one attached hydrogen (secondary N) is 1. The molecule has 0 aromatic carbocycles. The Morgan fingerprint density at radius 3 is 2.91 bits per heavy atom. The predicted octanol–water partition coefficient (Wildman–Crippen LogP) is 0.499. The zero-order chi connectivity index (χ0) is 8.69. The van der Waals surface area contributed by atoms with Crippen molar-refractivity contribution in [3.8, 4) is 6.07 Å². The van der Waals surface area contributed by atoms with Crippen molar-refractivity contribution in [2.75, 3.05) is 6.61 Å². The Morgan fingerprint density at radius 2 is 2.55 bits per heavy atom. The maximum absolute atomic E-state index is 10.2. The molecule has 6 heteroatoms. The summed E-state index contributed by atoms with van der Waals surface area (Å²) in [5.74, 6) is -0.202. The van der Waals surface area contributed by atoms with E-state index in [0.717, 1.165) is 0 Å². The first-order valence-electron chi connectivity index (χ1n) is 2.80. The summed E-state index contributed by atoms with van der Waals surface area (Å²) in [5, 5.41) is 13.0. The van der Waals surface area contributed by atoms with Crippen LogP contribution < -0.4 is 5.32 Å². The maximum atomic E-state index is 10.2. The van der Waals surface area contributed by atoms with Gasteiger partial charge in [-0.1, -0.05) is 17.8 Å². The molecule has 0 atom stereocenters. The molecular weight excluding hydrogens is 166 g/mol. The van der Waals surface area contributed by atoms with Gasteiger partial charge in [0.25, 0.3) is 11.1 Å². The summed E-state index contributed by atoms with van der Waals surface area (Å²) in [5.41, 5.74) is 0. The second kappa shape index (κ2) is 5.56. The van der Waals surface area contributed by atoms with Crippen molar-refractivity contribution in [3.63, 3.8) is 0 Å². The number of amidine groups is 1. The fraction of sp³-hybridized carbons (Fsp3) is 0.400. The van der Waals surface area contributed by atoms with Crippen molar-refractivity contribution in [2.24, 2.45) is 5.16 Å². The average Bonchev–Trinajstić information content (AvgIpc) is 1.97. The number of oxime groups is 1. The summed E-state index contributed by atoms with van der Waals surface area (Å²) >= 11 is 3.38. The van der Waals surface area contributed by atoms with E-state index < -0.39 is 5.24 Å². The molecule has 0 aliphatic carbocycles. The van der Waals surface area contributed by atoms with Gasteiger partial charge in [-0.3, -0.25) is 10.1 Å². The minimum atomic E-state index is -0.648. The first kappa shape index (κ1) is 9.78. The van der Waals surface area contributed by atoms with Crippen LogP contribution in [0.3, 0.4) is 0 Å². The van der Waals surface area contributed by atoms with Crippen LogP contribution >= 0.6 is 12.6 Å². The summed E-state index contributed by atoms with van der Waals surface area (Å²) in [6.45, 7) is 2.05.